The van der Waals surface area contributed by atoms with Crippen molar-refractivity contribution < 1.29 is 9.18 Å². The highest BCUT2D eigenvalue weighted by Gasteiger charge is 2.17. The Morgan fingerprint density at radius 3 is 2.75 bits per heavy atom. The molecule has 0 radical (unpaired) electrons. The van der Waals surface area contributed by atoms with Gasteiger partial charge >= 0.3 is 0 Å². The molecule has 16 heavy (non-hydrogen) atoms. The molecular weight excluding hydrogens is 207 g/mol. The maximum absolute atomic E-state index is 13.4. The van der Waals surface area contributed by atoms with Crippen molar-refractivity contribution in [2.45, 2.75) is 13.3 Å². The van der Waals surface area contributed by atoms with E-state index in [4.69, 9.17) is 5.26 Å². The maximum atomic E-state index is 13.4. The smallest absolute Gasteiger partial charge is 0.257 e. The molecular formula is C12H13FN2O. The van der Waals surface area contributed by atoms with E-state index in [0.29, 0.717) is 6.54 Å². The molecule has 0 N–H and O–H groups in total. The van der Waals surface area contributed by atoms with Gasteiger partial charge in [-0.1, -0.05) is 19.1 Å². The van der Waals surface area contributed by atoms with Crippen molar-refractivity contribution in [3.63, 3.8) is 0 Å². The van der Waals surface area contributed by atoms with Gasteiger partial charge in [0.25, 0.3) is 5.91 Å². The monoisotopic (exact) mass is 220 g/mol. The van der Waals surface area contributed by atoms with E-state index in [1.165, 1.54) is 23.1 Å². The Hall–Kier alpha value is -1.89. The number of carbonyl (C=O) groups excluding carboxylic acids is 1. The zero-order chi connectivity index (χ0) is 12.0. The highest BCUT2D eigenvalue weighted by molar-refractivity contribution is 5.94. The van der Waals surface area contributed by atoms with Gasteiger partial charge in [-0.15, -0.1) is 0 Å². The lowest BCUT2D eigenvalue weighted by atomic mass is 10.2. The molecule has 1 amide bonds. The number of amides is 1. The number of rotatable bonds is 4. The summed E-state index contributed by atoms with van der Waals surface area (Å²) >= 11 is 0. The van der Waals surface area contributed by atoms with E-state index in [2.05, 4.69) is 0 Å². The fraction of sp³-hybridized carbons (Fsp3) is 0.333. The average molecular weight is 220 g/mol. The molecule has 1 aromatic carbocycles. The summed E-state index contributed by atoms with van der Waals surface area (Å²) in [5, 5.41) is 8.59. The van der Waals surface area contributed by atoms with Crippen LogP contribution in [0.3, 0.4) is 0 Å². The second kappa shape index (κ2) is 5.86. The molecule has 0 saturated carbocycles. The van der Waals surface area contributed by atoms with Gasteiger partial charge in [-0.2, -0.15) is 5.26 Å². The van der Waals surface area contributed by atoms with Gasteiger partial charge < -0.3 is 4.90 Å². The molecule has 4 heteroatoms. The topological polar surface area (TPSA) is 44.1 Å². The first-order valence-corrected chi connectivity index (χ1v) is 5.11. The Morgan fingerprint density at radius 1 is 1.50 bits per heavy atom. The van der Waals surface area contributed by atoms with Crippen molar-refractivity contribution in [2.24, 2.45) is 0 Å². The largest absolute Gasteiger partial charge is 0.325 e. The number of hydrogen-bond donors (Lipinski definition) is 0. The first-order valence-electron chi connectivity index (χ1n) is 5.11. The lowest BCUT2D eigenvalue weighted by molar-refractivity contribution is 0.0771. The molecule has 0 aliphatic carbocycles. The van der Waals surface area contributed by atoms with Crippen LogP contribution in [0.15, 0.2) is 24.3 Å². The van der Waals surface area contributed by atoms with Crippen LogP contribution in [0, 0.1) is 17.1 Å². The zero-order valence-corrected chi connectivity index (χ0v) is 9.11. The van der Waals surface area contributed by atoms with Gasteiger partial charge in [0.2, 0.25) is 0 Å². The van der Waals surface area contributed by atoms with E-state index in [1.54, 1.807) is 6.07 Å². The van der Waals surface area contributed by atoms with Crippen molar-refractivity contribution in [2.75, 3.05) is 13.1 Å². The van der Waals surface area contributed by atoms with Crippen LogP contribution in [-0.4, -0.2) is 23.9 Å². The molecule has 0 spiro atoms. The van der Waals surface area contributed by atoms with Crippen LogP contribution >= 0.6 is 0 Å². The molecule has 0 heterocycles. The summed E-state index contributed by atoms with van der Waals surface area (Å²) < 4.78 is 13.4. The summed E-state index contributed by atoms with van der Waals surface area (Å²) in [6, 6.07) is 7.71. The van der Waals surface area contributed by atoms with Crippen molar-refractivity contribution >= 4 is 5.91 Å². The Kier molecular flexibility index (Phi) is 4.46. The molecule has 84 valence electrons. The number of nitriles is 1. The van der Waals surface area contributed by atoms with Gasteiger partial charge in [-0.3, -0.25) is 4.79 Å². The summed E-state index contributed by atoms with van der Waals surface area (Å²) in [5.41, 5.74) is 0.0196. The lowest BCUT2D eigenvalue weighted by Crippen LogP contribution is -2.32. The molecule has 0 unspecified atom stereocenters. The fourth-order valence-corrected chi connectivity index (χ4v) is 1.41. The van der Waals surface area contributed by atoms with E-state index in [-0.39, 0.29) is 12.1 Å². The Bertz CT molecular complexity index is 412. The zero-order valence-electron chi connectivity index (χ0n) is 9.11. The Labute approximate surface area is 94.1 Å². The van der Waals surface area contributed by atoms with Crippen LogP contribution in [0.1, 0.15) is 23.7 Å². The van der Waals surface area contributed by atoms with Gasteiger partial charge in [0.15, 0.2) is 0 Å². The molecule has 0 aliphatic heterocycles. The van der Waals surface area contributed by atoms with Crippen LogP contribution in [0.25, 0.3) is 0 Å². The minimum absolute atomic E-state index is 0.0129. The van der Waals surface area contributed by atoms with Gasteiger partial charge in [0.1, 0.15) is 12.4 Å². The molecule has 0 atom stereocenters. The number of halogens is 1. The summed E-state index contributed by atoms with van der Waals surface area (Å²) in [5.74, 6) is -0.979. The van der Waals surface area contributed by atoms with Gasteiger partial charge in [0, 0.05) is 6.54 Å². The molecule has 0 saturated heterocycles. The lowest BCUT2D eigenvalue weighted by Gasteiger charge is -2.18. The third-order valence-electron chi connectivity index (χ3n) is 2.15. The Morgan fingerprint density at radius 2 is 2.19 bits per heavy atom. The maximum Gasteiger partial charge on any atom is 0.257 e. The van der Waals surface area contributed by atoms with Crippen LogP contribution in [0.2, 0.25) is 0 Å². The molecule has 3 nitrogen and oxygen atoms in total. The van der Waals surface area contributed by atoms with Crippen LogP contribution in [0.5, 0.6) is 0 Å². The highest BCUT2D eigenvalue weighted by Crippen LogP contribution is 2.10. The molecule has 1 aromatic rings. The summed E-state index contributed by atoms with van der Waals surface area (Å²) in [6.07, 6.45) is 0.738. The standard InChI is InChI=1S/C12H13FN2O/c1-2-8-15(9-7-14)12(16)10-5-3-4-6-11(10)13/h3-6H,2,8-9H2,1H3. The number of benzene rings is 1. The first kappa shape index (κ1) is 12.2. The first-order chi connectivity index (χ1) is 7.70. The molecule has 1 rings (SSSR count). The second-order valence-electron chi connectivity index (χ2n) is 3.36. The van der Waals surface area contributed by atoms with E-state index < -0.39 is 11.7 Å². The van der Waals surface area contributed by atoms with Gasteiger partial charge in [-0.05, 0) is 18.6 Å². The third kappa shape index (κ3) is 2.80. The van der Waals surface area contributed by atoms with Crippen LogP contribution < -0.4 is 0 Å². The summed E-state index contributed by atoms with van der Waals surface area (Å²) in [4.78, 5) is 13.2. The van der Waals surface area contributed by atoms with Gasteiger partial charge in [-0.25, -0.2) is 4.39 Å². The third-order valence-corrected chi connectivity index (χ3v) is 2.15. The quantitative estimate of drug-likeness (QED) is 0.730. The average Bonchev–Trinajstić information content (AvgIpc) is 2.28. The second-order valence-corrected chi connectivity index (χ2v) is 3.36. The molecule has 0 aliphatic rings. The normalized spacial score (nSPS) is 9.56. The highest BCUT2D eigenvalue weighted by atomic mass is 19.1. The Balaban J connectivity index is 2.91. The van der Waals surface area contributed by atoms with E-state index >= 15 is 0 Å². The number of carbonyl (C=O) groups is 1. The van der Waals surface area contributed by atoms with Crippen molar-refractivity contribution in [3.8, 4) is 6.07 Å². The number of nitrogens with zero attached hydrogens (tertiary/aromatic N) is 2. The minimum atomic E-state index is -0.549. The minimum Gasteiger partial charge on any atom is -0.325 e. The summed E-state index contributed by atoms with van der Waals surface area (Å²) in [7, 11) is 0. The molecule has 0 bridgehead atoms. The fourth-order valence-electron chi connectivity index (χ4n) is 1.41. The predicted octanol–water partition coefficient (Wildman–Crippen LogP) is 2.20. The van der Waals surface area contributed by atoms with Crippen LogP contribution in [0.4, 0.5) is 4.39 Å². The SMILES string of the molecule is CCCN(CC#N)C(=O)c1ccccc1F. The van der Waals surface area contributed by atoms with Crippen LogP contribution in [-0.2, 0) is 0 Å². The van der Waals surface area contributed by atoms with Crippen molar-refractivity contribution in [1.82, 2.24) is 4.90 Å². The van der Waals surface area contributed by atoms with Crippen molar-refractivity contribution in [3.05, 3.63) is 35.6 Å². The number of hydrogen-bond acceptors (Lipinski definition) is 2. The summed E-state index contributed by atoms with van der Waals surface area (Å²) in [6.45, 7) is 2.35. The predicted molar refractivity (Wildman–Crippen MR) is 58.2 cm³/mol. The molecule has 0 fully saturated rings. The molecule has 0 aromatic heterocycles. The van der Waals surface area contributed by atoms with E-state index in [9.17, 15) is 9.18 Å². The van der Waals surface area contributed by atoms with Crippen molar-refractivity contribution in [1.29, 1.82) is 5.26 Å². The van der Waals surface area contributed by atoms with E-state index in [1.807, 2.05) is 13.0 Å². The van der Waals surface area contributed by atoms with Gasteiger partial charge in [0.05, 0.1) is 11.6 Å². The van der Waals surface area contributed by atoms with E-state index in [0.717, 1.165) is 6.42 Å².